The van der Waals surface area contributed by atoms with Gasteiger partial charge in [-0.15, -0.1) is 53.6 Å². The molecule has 52 heavy (non-hydrogen) atoms. The first-order valence-corrected chi connectivity index (χ1v) is 21.2. The summed E-state index contributed by atoms with van der Waals surface area (Å²) in [6.45, 7) is 20.4. The summed E-state index contributed by atoms with van der Waals surface area (Å²) in [7, 11) is -1.30. The van der Waals surface area contributed by atoms with Crippen LogP contribution in [0.5, 0.6) is 0 Å². The second-order valence-corrected chi connectivity index (χ2v) is 21.1. The number of pyridine rings is 2. The molecule has 0 fully saturated rings. The summed E-state index contributed by atoms with van der Waals surface area (Å²) >= 11 is 0. The number of halogens is 1. The molecule has 0 amide bonds. The van der Waals surface area contributed by atoms with Crippen LogP contribution >= 0.6 is 0 Å². The van der Waals surface area contributed by atoms with Gasteiger partial charge < -0.3 is 14.4 Å². The Morgan fingerprint density at radius 3 is 2.17 bits per heavy atom. The van der Waals surface area contributed by atoms with E-state index < -0.39 is 8.07 Å². The van der Waals surface area contributed by atoms with Crippen molar-refractivity contribution in [3.8, 4) is 33.6 Å². The average Bonchev–Trinajstić information content (AvgIpc) is 3.46. The Kier molecular flexibility index (Phi) is 11.8. The van der Waals surface area contributed by atoms with Gasteiger partial charge in [0, 0.05) is 37.9 Å². The number of aromatic nitrogens is 2. The fraction of sp³-hybridized carbons (Fsp3) is 0.261. The monoisotopic (exact) mass is 883 g/mol. The molecule has 3 aromatic heterocycles. The summed E-state index contributed by atoms with van der Waals surface area (Å²) in [5.41, 5.74) is 11.5. The van der Waals surface area contributed by atoms with Crippen molar-refractivity contribution in [3.63, 3.8) is 0 Å². The second kappa shape index (κ2) is 15.8. The van der Waals surface area contributed by atoms with E-state index in [1.807, 2.05) is 30.5 Å². The van der Waals surface area contributed by atoms with Crippen molar-refractivity contribution in [1.29, 1.82) is 0 Å². The molecule has 7 aromatic rings. The third-order valence-corrected chi connectivity index (χ3v) is 11.3. The van der Waals surface area contributed by atoms with E-state index in [1.54, 1.807) is 12.1 Å². The molecule has 269 valence electrons. The first kappa shape index (κ1) is 39.0. The van der Waals surface area contributed by atoms with Gasteiger partial charge in [-0.3, -0.25) is 0 Å². The van der Waals surface area contributed by atoms with Gasteiger partial charge in [0.25, 0.3) is 0 Å². The molecule has 7 rings (SSSR count). The zero-order valence-corrected chi connectivity index (χ0v) is 35.0. The van der Waals surface area contributed by atoms with Crippen LogP contribution in [0.15, 0.2) is 108 Å². The first-order chi connectivity index (χ1) is 24.2. The second-order valence-electron chi connectivity index (χ2n) is 16.0. The van der Waals surface area contributed by atoms with E-state index in [0.29, 0.717) is 5.92 Å². The fourth-order valence-corrected chi connectivity index (χ4v) is 8.24. The van der Waals surface area contributed by atoms with Gasteiger partial charge in [0.05, 0.1) is 13.7 Å². The number of hydrogen-bond acceptors (Lipinski definition) is 3. The van der Waals surface area contributed by atoms with E-state index in [2.05, 4.69) is 132 Å². The minimum absolute atomic E-state index is 0. The standard InChI is InChI=1S/C28H23FNO.C18H24NSi.Ir/c1-28(2,3)17-18-13-14-30-25(15-18)24-6-4-5-23-22-12-9-20(16-26(22)31-27(23)24)19-7-10-21(29)11-8-19;1-13(2)15-7-9-16(10-8-15)17-11-14(3)18(12-19-17)20(4,5)6;/h4-5,7-16H,17H2,1-3H3;7-9,11-13H,1-6H3;/q2*-1;. The molecular weight excluding hydrogens is 836 g/mol. The molecular formula is C46H47FIrN2OSi-2. The van der Waals surface area contributed by atoms with Gasteiger partial charge in [-0.05, 0) is 70.7 Å². The van der Waals surface area contributed by atoms with Crippen LogP contribution < -0.4 is 5.19 Å². The van der Waals surface area contributed by atoms with Crippen molar-refractivity contribution in [2.45, 2.75) is 73.5 Å². The number of furan rings is 1. The molecule has 0 aliphatic rings. The van der Waals surface area contributed by atoms with Gasteiger partial charge in [-0.1, -0.05) is 119 Å². The van der Waals surface area contributed by atoms with Crippen LogP contribution in [0, 0.1) is 30.3 Å². The predicted molar refractivity (Wildman–Crippen MR) is 215 cm³/mol. The van der Waals surface area contributed by atoms with E-state index in [0.717, 1.165) is 62.0 Å². The van der Waals surface area contributed by atoms with Crippen LogP contribution in [0.25, 0.3) is 55.6 Å². The summed E-state index contributed by atoms with van der Waals surface area (Å²) in [6, 6.07) is 36.1. The van der Waals surface area contributed by atoms with Crippen LogP contribution in [0.1, 0.15) is 57.2 Å². The maximum absolute atomic E-state index is 13.3. The molecule has 0 spiro atoms. The maximum atomic E-state index is 13.3. The minimum atomic E-state index is -1.30. The fourth-order valence-electron chi connectivity index (χ4n) is 6.53. The summed E-state index contributed by atoms with van der Waals surface area (Å²) in [5.74, 6) is 0.305. The first-order valence-electron chi connectivity index (χ1n) is 17.7. The molecule has 1 radical (unpaired) electrons. The van der Waals surface area contributed by atoms with Crippen LogP contribution in [-0.4, -0.2) is 18.0 Å². The molecule has 0 unspecified atom stereocenters. The van der Waals surface area contributed by atoms with Crippen LogP contribution in [0.2, 0.25) is 19.6 Å². The summed E-state index contributed by atoms with van der Waals surface area (Å²) in [4.78, 5) is 9.26. The Morgan fingerprint density at radius 2 is 1.54 bits per heavy atom. The number of fused-ring (bicyclic) bond motifs is 3. The molecule has 0 saturated carbocycles. The van der Waals surface area contributed by atoms with Gasteiger partial charge in [0.15, 0.2) is 0 Å². The Morgan fingerprint density at radius 1 is 0.808 bits per heavy atom. The summed E-state index contributed by atoms with van der Waals surface area (Å²) in [5, 5.41) is 3.53. The van der Waals surface area contributed by atoms with Crippen molar-refractivity contribution in [2.75, 3.05) is 0 Å². The zero-order chi connectivity index (χ0) is 36.5. The largest absolute Gasteiger partial charge is 0.501 e. The van der Waals surface area contributed by atoms with Crippen molar-refractivity contribution in [2.24, 2.45) is 5.41 Å². The summed E-state index contributed by atoms with van der Waals surface area (Å²) < 4.78 is 19.6. The third-order valence-electron chi connectivity index (χ3n) is 9.12. The van der Waals surface area contributed by atoms with E-state index in [4.69, 9.17) is 4.42 Å². The van der Waals surface area contributed by atoms with E-state index in [-0.39, 0.29) is 31.3 Å². The van der Waals surface area contributed by atoms with E-state index in [1.165, 1.54) is 34.0 Å². The number of hydrogen-bond donors (Lipinski definition) is 0. The van der Waals surface area contributed by atoms with E-state index >= 15 is 0 Å². The number of aryl methyl sites for hydroxylation is 1. The number of benzene rings is 4. The van der Waals surface area contributed by atoms with Gasteiger partial charge in [0.1, 0.15) is 11.4 Å². The Balaban J connectivity index is 0.000000217. The van der Waals surface area contributed by atoms with Crippen LogP contribution in [0.4, 0.5) is 4.39 Å². The molecule has 0 aliphatic carbocycles. The normalized spacial score (nSPS) is 11.8. The van der Waals surface area contributed by atoms with Crippen molar-refractivity contribution < 1.29 is 28.9 Å². The molecule has 0 saturated heterocycles. The van der Waals surface area contributed by atoms with Crippen LogP contribution in [-0.2, 0) is 26.5 Å². The van der Waals surface area contributed by atoms with Gasteiger partial charge in [-0.2, -0.15) is 0 Å². The van der Waals surface area contributed by atoms with Crippen molar-refractivity contribution in [1.82, 2.24) is 9.97 Å². The molecule has 3 nitrogen and oxygen atoms in total. The quantitative estimate of drug-likeness (QED) is 0.123. The third kappa shape index (κ3) is 9.04. The average molecular weight is 883 g/mol. The van der Waals surface area contributed by atoms with Crippen molar-refractivity contribution >= 4 is 35.2 Å². The predicted octanol–water partition coefficient (Wildman–Crippen LogP) is 12.4. The molecule has 4 aromatic carbocycles. The zero-order valence-electron chi connectivity index (χ0n) is 31.6. The van der Waals surface area contributed by atoms with Gasteiger partial charge in [-0.25, -0.2) is 4.39 Å². The molecule has 0 aliphatic heterocycles. The Bertz CT molecular complexity index is 2300. The SMILES string of the molecule is CC(C)(C)Cc1ccnc(-c2[c-]ccc3c2oc2cc(-c4ccc(F)cc4)ccc23)c1.Cc1cc(-c2[c-]cc(C(C)C)cc2)ncc1[Si](C)(C)C.[Ir]. The number of nitrogens with zero attached hydrogens (tertiary/aromatic N) is 2. The Hall–Kier alpha value is -4.22. The Labute approximate surface area is 323 Å². The molecule has 0 N–H and O–H groups in total. The smallest absolute Gasteiger partial charge is 0.123 e. The number of rotatable bonds is 6. The summed E-state index contributed by atoms with van der Waals surface area (Å²) in [6.07, 6.45) is 4.90. The van der Waals surface area contributed by atoms with E-state index in [9.17, 15) is 4.39 Å². The van der Waals surface area contributed by atoms with Gasteiger partial charge >= 0.3 is 0 Å². The van der Waals surface area contributed by atoms with Gasteiger partial charge in [0.2, 0.25) is 0 Å². The molecule has 3 heterocycles. The van der Waals surface area contributed by atoms with Crippen molar-refractivity contribution in [3.05, 3.63) is 138 Å². The van der Waals surface area contributed by atoms with Crippen LogP contribution in [0.3, 0.4) is 0 Å². The molecule has 0 bridgehead atoms. The topological polar surface area (TPSA) is 38.9 Å². The molecule has 6 heteroatoms. The minimum Gasteiger partial charge on any atom is -0.501 e. The molecule has 0 atom stereocenters. The maximum Gasteiger partial charge on any atom is 0.123 e.